The summed E-state index contributed by atoms with van der Waals surface area (Å²) in [5, 5.41) is 41.3. The lowest BCUT2D eigenvalue weighted by atomic mass is 9.78. The molecule has 1 heterocycles. The fourth-order valence-electron chi connectivity index (χ4n) is 3.24. The van der Waals surface area contributed by atoms with E-state index in [1.54, 1.807) is 0 Å². The third-order valence-electron chi connectivity index (χ3n) is 4.73. The number of unbranched alkanes of at least 4 members (excludes halogenated alkanes) is 2. The van der Waals surface area contributed by atoms with Crippen molar-refractivity contribution in [1.82, 2.24) is 0 Å². The molecule has 1 aromatic carbocycles. The van der Waals surface area contributed by atoms with Gasteiger partial charge in [0.15, 0.2) is 0 Å². The molecule has 0 amide bonds. The van der Waals surface area contributed by atoms with Gasteiger partial charge in [-0.25, -0.2) is 0 Å². The van der Waals surface area contributed by atoms with E-state index in [1.807, 2.05) is 18.2 Å². The number of aliphatic hydroxyl groups excluding tert-OH is 2. The standard InChI is InChI=1S/C18H28O6/c1-23-13-18(22)17(21,16(20)15(19)12-24-18)11-7-3-6-10-14-8-4-2-5-9-14/h2,4-5,8-9,15-16,19-22H,3,6-7,10-13H2,1H3/t15-,16-,17-,18-/m1/s1. The molecule has 0 bridgehead atoms. The molecule has 0 spiro atoms. The van der Waals surface area contributed by atoms with Gasteiger partial charge in [-0.1, -0.05) is 43.2 Å². The predicted octanol–water partition coefficient (Wildman–Crippen LogP) is 0.608. The maximum Gasteiger partial charge on any atom is 0.221 e. The van der Waals surface area contributed by atoms with Crippen LogP contribution >= 0.6 is 0 Å². The molecule has 1 aliphatic heterocycles. The van der Waals surface area contributed by atoms with Crippen molar-refractivity contribution < 1.29 is 29.9 Å². The van der Waals surface area contributed by atoms with Gasteiger partial charge in [-0.3, -0.25) is 0 Å². The van der Waals surface area contributed by atoms with Gasteiger partial charge in [0.1, 0.15) is 24.4 Å². The zero-order valence-corrected chi connectivity index (χ0v) is 14.1. The van der Waals surface area contributed by atoms with Crippen molar-refractivity contribution in [1.29, 1.82) is 0 Å². The largest absolute Gasteiger partial charge is 0.388 e. The molecule has 1 aliphatic rings. The molecule has 0 aliphatic carbocycles. The normalized spacial score (nSPS) is 33.5. The Morgan fingerprint density at radius 3 is 2.50 bits per heavy atom. The zero-order valence-electron chi connectivity index (χ0n) is 14.1. The molecular formula is C18H28O6. The van der Waals surface area contributed by atoms with E-state index in [4.69, 9.17) is 9.47 Å². The Kier molecular flexibility index (Phi) is 6.74. The van der Waals surface area contributed by atoms with E-state index in [-0.39, 0.29) is 19.6 Å². The Balaban J connectivity index is 1.89. The minimum atomic E-state index is -2.03. The SMILES string of the molecule is COC[C@@]1(O)OC[C@@H](O)[C@@H](O)[C@]1(O)CCCCCc1ccccc1. The maximum absolute atomic E-state index is 10.8. The van der Waals surface area contributed by atoms with Crippen LogP contribution in [0, 0.1) is 0 Å². The first-order valence-electron chi connectivity index (χ1n) is 8.40. The van der Waals surface area contributed by atoms with Gasteiger partial charge >= 0.3 is 0 Å². The Hall–Kier alpha value is -1.02. The van der Waals surface area contributed by atoms with Crippen LogP contribution in [-0.4, -0.2) is 64.3 Å². The van der Waals surface area contributed by atoms with Gasteiger partial charge in [0, 0.05) is 7.11 Å². The summed E-state index contributed by atoms with van der Waals surface area (Å²) in [6.07, 6.45) is 0.661. The summed E-state index contributed by atoms with van der Waals surface area (Å²) in [6, 6.07) is 10.1. The van der Waals surface area contributed by atoms with Crippen LogP contribution in [0.3, 0.4) is 0 Å². The minimum absolute atomic E-state index is 0.111. The monoisotopic (exact) mass is 340 g/mol. The van der Waals surface area contributed by atoms with Crippen LogP contribution in [0.25, 0.3) is 0 Å². The van der Waals surface area contributed by atoms with Crippen LogP contribution in [-0.2, 0) is 15.9 Å². The number of aryl methyl sites for hydroxylation is 1. The van der Waals surface area contributed by atoms with E-state index in [2.05, 4.69) is 12.1 Å². The van der Waals surface area contributed by atoms with Crippen molar-refractivity contribution >= 4 is 0 Å². The van der Waals surface area contributed by atoms with Crippen molar-refractivity contribution in [3.8, 4) is 0 Å². The molecule has 4 atom stereocenters. The first-order valence-corrected chi connectivity index (χ1v) is 8.40. The predicted molar refractivity (Wildman–Crippen MR) is 88.4 cm³/mol. The highest BCUT2D eigenvalue weighted by atomic mass is 16.7. The van der Waals surface area contributed by atoms with Gasteiger partial charge < -0.3 is 29.9 Å². The Morgan fingerprint density at radius 2 is 1.83 bits per heavy atom. The second-order valence-electron chi connectivity index (χ2n) is 6.51. The lowest BCUT2D eigenvalue weighted by Crippen LogP contribution is -2.71. The molecule has 0 aromatic heterocycles. The molecule has 1 aromatic rings. The van der Waals surface area contributed by atoms with E-state index in [9.17, 15) is 20.4 Å². The number of rotatable bonds is 8. The smallest absolute Gasteiger partial charge is 0.221 e. The number of ether oxygens (including phenoxy) is 2. The lowest BCUT2D eigenvalue weighted by Gasteiger charge is -2.50. The third-order valence-corrected chi connectivity index (χ3v) is 4.73. The van der Waals surface area contributed by atoms with Crippen LogP contribution in [0.2, 0.25) is 0 Å². The first kappa shape index (κ1) is 19.3. The Morgan fingerprint density at radius 1 is 1.12 bits per heavy atom. The van der Waals surface area contributed by atoms with Crippen molar-refractivity contribution in [3.63, 3.8) is 0 Å². The van der Waals surface area contributed by atoms with Crippen LogP contribution in [0.4, 0.5) is 0 Å². The summed E-state index contributed by atoms with van der Waals surface area (Å²) in [6.45, 7) is -0.533. The lowest BCUT2D eigenvalue weighted by molar-refractivity contribution is -0.377. The molecule has 1 saturated heterocycles. The highest BCUT2D eigenvalue weighted by molar-refractivity contribution is 5.14. The number of benzene rings is 1. The number of aliphatic hydroxyl groups is 4. The number of hydrogen-bond donors (Lipinski definition) is 4. The minimum Gasteiger partial charge on any atom is -0.388 e. The van der Waals surface area contributed by atoms with E-state index in [1.165, 1.54) is 12.7 Å². The van der Waals surface area contributed by atoms with Crippen LogP contribution < -0.4 is 0 Å². The number of hydrogen-bond acceptors (Lipinski definition) is 6. The van der Waals surface area contributed by atoms with Gasteiger partial charge in [-0.2, -0.15) is 0 Å². The second-order valence-corrected chi connectivity index (χ2v) is 6.51. The maximum atomic E-state index is 10.8. The summed E-state index contributed by atoms with van der Waals surface area (Å²) in [5.74, 6) is -2.03. The average molecular weight is 340 g/mol. The van der Waals surface area contributed by atoms with Crippen LogP contribution in [0.1, 0.15) is 31.2 Å². The van der Waals surface area contributed by atoms with E-state index in [0.717, 1.165) is 19.3 Å². The molecule has 6 heteroatoms. The molecular weight excluding hydrogens is 312 g/mol. The van der Waals surface area contributed by atoms with E-state index in [0.29, 0.717) is 6.42 Å². The summed E-state index contributed by atoms with van der Waals surface area (Å²) in [5.41, 5.74) is -0.712. The molecule has 2 rings (SSSR count). The van der Waals surface area contributed by atoms with Crippen LogP contribution in [0.5, 0.6) is 0 Å². The number of methoxy groups -OCH3 is 1. The van der Waals surface area contributed by atoms with Crippen molar-refractivity contribution in [2.75, 3.05) is 20.3 Å². The molecule has 0 radical (unpaired) electrons. The van der Waals surface area contributed by atoms with Crippen LogP contribution in [0.15, 0.2) is 30.3 Å². The van der Waals surface area contributed by atoms with Gasteiger partial charge in [0.2, 0.25) is 5.79 Å². The highest BCUT2D eigenvalue weighted by Gasteiger charge is 2.60. The summed E-state index contributed by atoms with van der Waals surface area (Å²) in [4.78, 5) is 0. The second kappa shape index (κ2) is 8.38. The molecule has 0 saturated carbocycles. The van der Waals surface area contributed by atoms with E-state index >= 15 is 0 Å². The fraction of sp³-hybridized carbons (Fsp3) is 0.667. The van der Waals surface area contributed by atoms with Gasteiger partial charge in [-0.05, 0) is 24.8 Å². The molecule has 6 nitrogen and oxygen atoms in total. The third kappa shape index (κ3) is 4.14. The Bertz CT molecular complexity index is 496. The summed E-state index contributed by atoms with van der Waals surface area (Å²) < 4.78 is 10.1. The van der Waals surface area contributed by atoms with Gasteiger partial charge in [-0.15, -0.1) is 0 Å². The highest BCUT2D eigenvalue weighted by Crippen LogP contribution is 2.38. The quantitative estimate of drug-likeness (QED) is 0.518. The van der Waals surface area contributed by atoms with Crippen molar-refractivity contribution in [2.24, 2.45) is 0 Å². The first-order chi connectivity index (χ1) is 11.4. The molecule has 0 unspecified atom stereocenters. The molecule has 24 heavy (non-hydrogen) atoms. The Labute approximate surface area is 142 Å². The summed E-state index contributed by atoms with van der Waals surface area (Å²) >= 11 is 0. The van der Waals surface area contributed by atoms with Crippen molar-refractivity contribution in [3.05, 3.63) is 35.9 Å². The fourth-order valence-corrected chi connectivity index (χ4v) is 3.24. The summed E-state index contributed by atoms with van der Waals surface area (Å²) in [7, 11) is 1.37. The topological polar surface area (TPSA) is 99.4 Å². The zero-order chi connectivity index (χ0) is 17.6. The molecule has 4 N–H and O–H groups in total. The van der Waals surface area contributed by atoms with Gasteiger partial charge in [0.05, 0.1) is 6.61 Å². The van der Waals surface area contributed by atoms with Gasteiger partial charge in [0.25, 0.3) is 0 Å². The average Bonchev–Trinajstić information content (AvgIpc) is 2.58. The molecule has 1 fully saturated rings. The van der Waals surface area contributed by atoms with Crippen molar-refractivity contribution in [2.45, 2.75) is 55.7 Å². The molecule has 136 valence electrons. The van der Waals surface area contributed by atoms with E-state index < -0.39 is 23.6 Å².